The fraction of sp³-hybridized carbons (Fsp3) is 0.300. The molecule has 2 aromatic rings. The van der Waals surface area contributed by atoms with Crippen molar-refractivity contribution in [2.24, 2.45) is 0 Å². The molecule has 2 rings (SSSR count). The van der Waals surface area contributed by atoms with Gasteiger partial charge in [-0.3, -0.25) is 9.59 Å². The molecule has 0 saturated carbocycles. The van der Waals surface area contributed by atoms with Gasteiger partial charge in [-0.1, -0.05) is 54.1 Å². The van der Waals surface area contributed by atoms with Crippen LogP contribution in [0, 0.1) is 0 Å². The second kappa shape index (κ2) is 9.94. The summed E-state index contributed by atoms with van der Waals surface area (Å²) in [6.45, 7) is 1.75. The normalized spacial score (nSPS) is 11.7. The summed E-state index contributed by atoms with van der Waals surface area (Å²) in [5.74, 6) is -0.480. The van der Waals surface area contributed by atoms with Crippen LogP contribution in [-0.2, 0) is 22.6 Å². The Morgan fingerprint density at radius 2 is 1.73 bits per heavy atom. The van der Waals surface area contributed by atoms with Crippen molar-refractivity contribution in [2.75, 3.05) is 13.2 Å². The smallest absolute Gasteiger partial charge is 0.243 e. The van der Waals surface area contributed by atoms with Crippen LogP contribution in [0.1, 0.15) is 18.1 Å². The first-order valence-corrected chi connectivity index (χ1v) is 8.83. The summed E-state index contributed by atoms with van der Waals surface area (Å²) in [5, 5.41) is 12.3. The Morgan fingerprint density at radius 1 is 1.08 bits per heavy atom. The molecule has 0 aliphatic rings. The first kappa shape index (κ1) is 19.9. The molecule has 0 unspecified atom stereocenters. The molecule has 0 bridgehead atoms. The molecular formula is C20H23ClN2O3. The lowest BCUT2D eigenvalue weighted by Crippen LogP contribution is -2.50. The molecular weight excluding hydrogens is 352 g/mol. The number of nitrogens with zero attached hydrogens (tertiary/aromatic N) is 1. The minimum Gasteiger partial charge on any atom is -0.395 e. The number of halogens is 1. The van der Waals surface area contributed by atoms with E-state index < -0.39 is 6.04 Å². The van der Waals surface area contributed by atoms with Crippen LogP contribution in [0.5, 0.6) is 0 Å². The Morgan fingerprint density at radius 3 is 2.31 bits per heavy atom. The number of hydrogen-bond acceptors (Lipinski definition) is 3. The molecule has 0 radical (unpaired) electrons. The third kappa shape index (κ3) is 5.86. The predicted molar refractivity (Wildman–Crippen MR) is 102 cm³/mol. The molecule has 0 aliphatic carbocycles. The van der Waals surface area contributed by atoms with Crippen molar-refractivity contribution < 1.29 is 14.7 Å². The molecule has 26 heavy (non-hydrogen) atoms. The van der Waals surface area contributed by atoms with Crippen LogP contribution in [0.3, 0.4) is 0 Å². The third-order valence-electron chi connectivity index (χ3n) is 4.03. The van der Waals surface area contributed by atoms with E-state index in [9.17, 15) is 9.59 Å². The minimum atomic E-state index is -0.669. The summed E-state index contributed by atoms with van der Waals surface area (Å²) in [6, 6.07) is 16.1. The number of carbonyl (C=O) groups is 2. The zero-order valence-electron chi connectivity index (χ0n) is 14.7. The number of benzene rings is 2. The van der Waals surface area contributed by atoms with Gasteiger partial charge >= 0.3 is 0 Å². The van der Waals surface area contributed by atoms with E-state index in [2.05, 4.69) is 5.32 Å². The van der Waals surface area contributed by atoms with E-state index in [4.69, 9.17) is 16.7 Å². The van der Waals surface area contributed by atoms with Gasteiger partial charge in [0, 0.05) is 31.5 Å². The molecule has 2 N–H and O–H groups in total. The van der Waals surface area contributed by atoms with Gasteiger partial charge in [-0.2, -0.15) is 0 Å². The lowest BCUT2D eigenvalue weighted by molar-refractivity contribution is -0.139. The van der Waals surface area contributed by atoms with Gasteiger partial charge in [0.1, 0.15) is 6.04 Å². The van der Waals surface area contributed by atoms with E-state index >= 15 is 0 Å². The second-order valence-corrected chi connectivity index (χ2v) is 6.43. The highest BCUT2D eigenvalue weighted by Gasteiger charge is 2.28. The van der Waals surface area contributed by atoms with E-state index in [1.54, 1.807) is 17.0 Å². The molecule has 0 aromatic heterocycles. The van der Waals surface area contributed by atoms with Gasteiger partial charge in [-0.15, -0.1) is 0 Å². The Balaban J connectivity index is 2.26. The summed E-state index contributed by atoms with van der Waals surface area (Å²) in [6.07, 6.45) is 0.394. The molecule has 0 saturated heterocycles. The molecule has 5 nitrogen and oxygen atoms in total. The van der Waals surface area contributed by atoms with E-state index in [0.29, 0.717) is 18.0 Å². The number of rotatable bonds is 8. The highest BCUT2D eigenvalue weighted by Crippen LogP contribution is 2.16. The fourth-order valence-corrected chi connectivity index (χ4v) is 2.83. The summed E-state index contributed by atoms with van der Waals surface area (Å²) in [5.41, 5.74) is 1.84. The van der Waals surface area contributed by atoms with E-state index in [1.165, 1.54) is 6.92 Å². The molecule has 2 aromatic carbocycles. The second-order valence-electron chi connectivity index (χ2n) is 5.99. The average molecular weight is 375 g/mol. The van der Waals surface area contributed by atoms with Crippen LogP contribution >= 0.6 is 11.6 Å². The van der Waals surface area contributed by atoms with Crippen LogP contribution in [0.2, 0.25) is 5.02 Å². The van der Waals surface area contributed by atoms with Gasteiger partial charge in [-0.05, 0) is 23.3 Å². The Bertz CT molecular complexity index is 720. The van der Waals surface area contributed by atoms with Gasteiger partial charge in [0.25, 0.3) is 0 Å². The summed E-state index contributed by atoms with van der Waals surface area (Å²) < 4.78 is 0. The summed E-state index contributed by atoms with van der Waals surface area (Å²) in [7, 11) is 0. The first-order chi connectivity index (χ1) is 12.5. The molecule has 0 aliphatic heterocycles. The fourth-order valence-electron chi connectivity index (χ4n) is 2.71. The average Bonchev–Trinajstić information content (AvgIpc) is 2.64. The maximum atomic E-state index is 12.7. The van der Waals surface area contributed by atoms with Crippen molar-refractivity contribution in [2.45, 2.75) is 25.9 Å². The van der Waals surface area contributed by atoms with Crippen LogP contribution in [0.25, 0.3) is 0 Å². The van der Waals surface area contributed by atoms with Gasteiger partial charge < -0.3 is 15.3 Å². The summed E-state index contributed by atoms with van der Waals surface area (Å²) in [4.78, 5) is 26.5. The van der Waals surface area contributed by atoms with E-state index in [-0.39, 0.29) is 25.0 Å². The molecule has 6 heteroatoms. The van der Waals surface area contributed by atoms with Gasteiger partial charge in [0.05, 0.1) is 6.61 Å². The van der Waals surface area contributed by atoms with Crippen molar-refractivity contribution in [1.82, 2.24) is 10.2 Å². The SMILES string of the molecule is CC(=O)N(Cc1ccc(Cl)cc1)[C@@H](Cc1ccccc1)C(=O)NCCO. The molecule has 138 valence electrons. The lowest BCUT2D eigenvalue weighted by atomic mass is 10.0. The molecule has 0 heterocycles. The lowest BCUT2D eigenvalue weighted by Gasteiger charge is -2.30. The van der Waals surface area contributed by atoms with Crippen LogP contribution < -0.4 is 5.32 Å². The van der Waals surface area contributed by atoms with Crippen molar-refractivity contribution in [3.05, 3.63) is 70.7 Å². The highest BCUT2D eigenvalue weighted by molar-refractivity contribution is 6.30. The number of carbonyl (C=O) groups excluding carboxylic acids is 2. The quantitative estimate of drug-likeness (QED) is 0.745. The molecule has 0 spiro atoms. The predicted octanol–water partition coefficient (Wildman–Crippen LogP) is 2.41. The van der Waals surface area contributed by atoms with Crippen molar-refractivity contribution in [1.29, 1.82) is 0 Å². The molecule has 2 amide bonds. The Kier molecular flexibility index (Phi) is 7.63. The Labute approximate surface area is 158 Å². The minimum absolute atomic E-state index is 0.150. The molecule has 0 fully saturated rings. The van der Waals surface area contributed by atoms with Gasteiger partial charge in [0.2, 0.25) is 11.8 Å². The topological polar surface area (TPSA) is 69.6 Å². The zero-order valence-corrected chi connectivity index (χ0v) is 15.4. The zero-order chi connectivity index (χ0) is 18.9. The summed E-state index contributed by atoms with van der Waals surface area (Å²) >= 11 is 5.92. The van der Waals surface area contributed by atoms with Crippen LogP contribution in [-0.4, -0.2) is 41.0 Å². The number of aliphatic hydroxyl groups excluding tert-OH is 1. The van der Waals surface area contributed by atoms with Crippen molar-refractivity contribution >= 4 is 23.4 Å². The highest BCUT2D eigenvalue weighted by atomic mass is 35.5. The standard InChI is InChI=1S/C20H23ClN2O3/c1-15(25)23(14-17-7-9-18(21)10-8-17)19(20(26)22-11-12-24)13-16-5-3-2-4-6-16/h2-10,19,24H,11-14H2,1H3,(H,22,26)/t19-/m0/s1. The number of amides is 2. The van der Waals surface area contributed by atoms with E-state index in [0.717, 1.165) is 11.1 Å². The van der Waals surface area contributed by atoms with Gasteiger partial charge in [-0.25, -0.2) is 0 Å². The van der Waals surface area contributed by atoms with Gasteiger partial charge in [0.15, 0.2) is 0 Å². The molecule has 1 atom stereocenters. The van der Waals surface area contributed by atoms with Crippen LogP contribution in [0.15, 0.2) is 54.6 Å². The Hall–Kier alpha value is -2.37. The van der Waals surface area contributed by atoms with E-state index in [1.807, 2.05) is 42.5 Å². The first-order valence-electron chi connectivity index (χ1n) is 8.45. The largest absolute Gasteiger partial charge is 0.395 e. The number of aliphatic hydroxyl groups is 1. The number of hydrogen-bond donors (Lipinski definition) is 2. The third-order valence-corrected chi connectivity index (χ3v) is 4.28. The maximum Gasteiger partial charge on any atom is 0.243 e. The van der Waals surface area contributed by atoms with Crippen LogP contribution in [0.4, 0.5) is 0 Å². The monoisotopic (exact) mass is 374 g/mol. The number of nitrogens with one attached hydrogen (secondary N) is 1. The maximum absolute atomic E-state index is 12.7. The van der Waals surface area contributed by atoms with Crippen molar-refractivity contribution in [3.8, 4) is 0 Å². The van der Waals surface area contributed by atoms with Crippen molar-refractivity contribution in [3.63, 3.8) is 0 Å².